The van der Waals surface area contributed by atoms with E-state index >= 15 is 0 Å². The van der Waals surface area contributed by atoms with Crippen LogP contribution >= 0.6 is 0 Å². The summed E-state index contributed by atoms with van der Waals surface area (Å²) >= 11 is 0. The van der Waals surface area contributed by atoms with Gasteiger partial charge in [0, 0.05) is 45.1 Å². The second-order valence-electron chi connectivity index (χ2n) is 4.87. The number of aryl methyl sites for hydroxylation is 1. The van der Waals surface area contributed by atoms with E-state index < -0.39 is 0 Å². The molecular formula is C13H18N6. The minimum Gasteiger partial charge on any atom is -0.339 e. The van der Waals surface area contributed by atoms with Crippen molar-refractivity contribution < 1.29 is 0 Å². The summed E-state index contributed by atoms with van der Waals surface area (Å²) in [6.07, 6.45) is 5.36. The average molecular weight is 258 g/mol. The smallest absolute Gasteiger partial charge is 0.221 e. The lowest BCUT2D eigenvalue weighted by Crippen LogP contribution is -2.46. The third kappa shape index (κ3) is 2.73. The molecule has 19 heavy (non-hydrogen) atoms. The van der Waals surface area contributed by atoms with Gasteiger partial charge in [-0.05, 0) is 24.1 Å². The number of hydrogen-bond donors (Lipinski definition) is 1. The van der Waals surface area contributed by atoms with Crippen LogP contribution in [-0.4, -0.2) is 51.2 Å². The largest absolute Gasteiger partial charge is 0.339 e. The fourth-order valence-electron chi connectivity index (χ4n) is 2.39. The van der Waals surface area contributed by atoms with Crippen LogP contribution in [0.15, 0.2) is 24.8 Å². The fourth-order valence-corrected chi connectivity index (χ4v) is 2.39. The number of aromatic nitrogens is 4. The molecule has 0 aromatic carbocycles. The summed E-state index contributed by atoms with van der Waals surface area (Å²) in [4.78, 5) is 13.0. The summed E-state index contributed by atoms with van der Waals surface area (Å²) in [7, 11) is 0. The highest BCUT2D eigenvalue weighted by Gasteiger charge is 2.19. The predicted molar refractivity (Wildman–Crippen MR) is 72.8 cm³/mol. The molecule has 0 amide bonds. The molecule has 0 radical (unpaired) electrons. The van der Waals surface area contributed by atoms with E-state index in [-0.39, 0.29) is 0 Å². The number of hydrogen-bond acceptors (Lipinski definition) is 5. The van der Waals surface area contributed by atoms with E-state index in [0.29, 0.717) is 0 Å². The van der Waals surface area contributed by atoms with Gasteiger partial charge < -0.3 is 4.90 Å². The Morgan fingerprint density at radius 3 is 2.79 bits per heavy atom. The molecule has 6 nitrogen and oxygen atoms in total. The Hall–Kier alpha value is -1.95. The number of H-pyrrole nitrogens is 1. The summed E-state index contributed by atoms with van der Waals surface area (Å²) in [6.45, 7) is 7.18. The molecule has 1 N–H and O–H groups in total. The number of nitrogens with zero attached hydrogens (tertiary/aromatic N) is 5. The van der Waals surface area contributed by atoms with E-state index in [0.717, 1.165) is 38.7 Å². The number of anilines is 1. The molecular weight excluding hydrogens is 240 g/mol. The van der Waals surface area contributed by atoms with Crippen LogP contribution in [0.3, 0.4) is 0 Å². The van der Waals surface area contributed by atoms with Crippen molar-refractivity contribution in [2.24, 2.45) is 0 Å². The molecule has 1 fully saturated rings. The van der Waals surface area contributed by atoms with Crippen LogP contribution in [0.25, 0.3) is 0 Å². The van der Waals surface area contributed by atoms with Crippen LogP contribution in [0.2, 0.25) is 0 Å². The van der Waals surface area contributed by atoms with Gasteiger partial charge in [-0.2, -0.15) is 10.1 Å². The predicted octanol–water partition coefficient (Wildman–Crippen LogP) is 0.830. The van der Waals surface area contributed by atoms with Crippen molar-refractivity contribution in [3.8, 4) is 0 Å². The zero-order valence-electron chi connectivity index (χ0n) is 11.1. The second-order valence-corrected chi connectivity index (χ2v) is 4.87. The van der Waals surface area contributed by atoms with E-state index in [2.05, 4.69) is 43.0 Å². The van der Waals surface area contributed by atoms with Crippen LogP contribution in [0.5, 0.6) is 0 Å². The molecule has 2 aromatic heterocycles. The van der Waals surface area contributed by atoms with Gasteiger partial charge in [0.25, 0.3) is 0 Å². The summed E-state index contributed by atoms with van der Waals surface area (Å²) in [6, 6.07) is 2.11. The summed E-state index contributed by atoms with van der Waals surface area (Å²) in [5.41, 5.74) is 2.63. The van der Waals surface area contributed by atoms with E-state index in [1.165, 1.54) is 11.1 Å². The minimum absolute atomic E-state index is 0.875. The first kappa shape index (κ1) is 12.1. The van der Waals surface area contributed by atoms with Crippen molar-refractivity contribution in [1.29, 1.82) is 0 Å². The van der Waals surface area contributed by atoms with E-state index in [1.807, 2.05) is 12.4 Å². The van der Waals surface area contributed by atoms with Crippen molar-refractivity contribution in [2.75, 3.05) is 31.1 Å². The highest BCUT2D eigenvalue weighted by Crippen LogP contribution is 2.13. The standard InChI is InChI=1S/C13H18N6/c1-11-8-14-3-2-12(11)9-18-4-6-19(7-5-18)13-15-10-16-17-13/h2-3,8,10H,4-7,9H2,1H3,(H,15,16,17). The van der Waals surface area contributed by atoms with Crippen LogP contribution in [0.4, 0.5) is 5.95 Å². The number of rotatable bonds is 3. The third-order valence-corrected chi connectivity index (χ3v) is 3.60. The maximum atomic E-state index is 4.20. The van der Waals surface area contributed by atoms with Gasteiger partial charge in [-0.1, -0.05) is 0 Å². The number of piperazine rings is 1. The number of nitrogens with one attached hydrogen (secondary N) is 1. The van der Waals surface area contributed by atoms with E-state index in [1.54, 1.807) is 6.33 Å². The molecule has 6 heteroatoms. The van der Waals surface area contributed by atoms with Crippen LogP contribution in [-0.2, 0) is 6.54 Å². The van der Waals surface area contributed by atoms with Gasteiger partial charge in [0.2, 0.25) is 5.95 Å². The lowest BCUT2D eigenvalue weighted by Gasteiger charge is -2.34. The Bertz CT molecular complexity index is 516. The first-order valence-corrected chi connectivity index (χ1v) is 6.55. The first-order valence-electron chi connectivity index (χ1n) is 6.55. The molecule has 0 bridgehead atoms. The van der Waals surface area contributed by atoms with Gasteiger partial charge in [0.05, 0.1) is 0 Å². The molecule has 0 spiro atoms. The van der Waals surface area contributed by atoms with Crippen molar-refractivity contribution in [3.05, 3.63) is 35.9 Å². The van der Waals surface area contributed by atoms with Crippen molar-refractivity contribution in [1.82, 2.24) is 25.1 Å². The molecule has 1 aliphatic rings. The van der Waals surface area contributed by atoms with Gasteiger partial charge >= 0.3 is 0 Å². The Morgan fingerprint density at radius 2 is 2.11 bits per heavy atom. The minimum atomic E-state index is 0.875. The van der Waals surface area contributed by atoms with Gasteiger partial charge in [-0.15, -0.1) is 0 Å². The Kier molecular flexibility index (Phi) is 3.41. The zero-order chi connectivity index (χ0) is 13.1. The lowest BCUT2D eigenvalue weighted by molar-refractivity contribution is 0.248. The normalized spacial score (nSPS) is 16.8. The highest BCUT2D eigenvalue weighted by molar-refractivity contribution is 5.28. The van der Waals surface area contributed by atoms with E-state index in [4.69, 9.17) is 0 Å². The maximum absolute atomic E-state index is 4.20. The van der Waals surface area contributed by atoms with Crippen LogP contribution in [0.1, 0.15) is 11.1 Å². The van der Waals surface area contributed by atoms with Gasteiger partial charge in [-0.3, -0.25) is 9.88 Å². The first-order chi connectivity index (χ1) is 9.33. The van der Waals surface area contributed by atoms with Crippen molar-refractivity contribution in [3.63, 3.8) is 0 Å². The summed E-state index contributed by atoms with van der Waals surface area (Å²) in [5, 5.41) is 6.82. The molecule has 0 aliphatic carbocycles. The van der Waals surface area contributed by atoms with Gasteiger partial charge in [0.1, 0.15) is 6.33 Å². The van der Waals surface area contributed by atoms with Crippen LogP contribution < -0.4 is 4.90 Å². The van der Waals surface area contributed by atoms with Crippen LogP contribution in [0, 0.1) is 6.92 Å². The summed E-state index contributed by atoms with van der Waals surface area (Å²) < 4.78 is 0. The second kappa shape index (κ2) is 5.36. The molecule has 0 atom stereocenters. The molecule has 1 saturated heterocycles. The van der Waals surface area contributed by atoms with Gasteiger partial charge in [-0.25, -0.2) is 5.10 Å². The fraction of sp³-hybridized carbons (Fsp3) is 0.462. The van der Waals surface area contributed by atoms with Crippen molar-refractivity contribution >= 4 is 5.95 Å². The Labute approximate surface area is 112 Å². The summed E-state index contributed by atoms with van der Waals surface area (Å²) in [5.74, 6) is 0.875. The van der Waals surface area contributed by atoms with Gasteiger partial charge in [0.15, 0.2) is 0 Å². The third-order valence-electron chi connectivity index (χ3n) is 3.60. The zero-order valence-corrected chi connectivity index (χ0v) is 11.1. The monoisotopic (exact) mass is 258 g/mol. The molecule has 3 heterocycles. The molecule has 2 aromatic rings. The van der Waals surface area contributed by atoms with Crippen molar-refractivity contribution in [2.45, 2.75) is 13.5 Å². The molecule has 3 rings (SSSR count). The molecule has 0 unspecified atom stereocenters. The Morgan fingerprint density at radius 1 is 1.26 bits per heavy atom. The number of aromatic amines is 1. The lowest BCUT2D eigenvalue weighted by atomic mass is 10.1. The average Bonchev–Trinajstić information content (AvgIpc) is 2.96. The SMILES string of the molecule is Cc1cnccc1CN1CCN(c2ncn[nH]2)CC1. The molecule has 1 aliphatic heterocycles. The maximum Gasteiger partial charge on any atom is 0.221 e. The van der Waals surface area contributed by atoms with E-state index in [9.17, 15) is 0 Å². The number of pyridine rings is 1. The molecule has 0 saturated carbocycles. The molecule has 100 valence electrons. The topological polar surface area (TPSA) is 60.9 Å². The quantitative estimate of drug-likeness (QED) is 0.883. The Balaban J connectivity index is 1.57. The highest BCUT2D eigenvalue weighted by atomic mass is 15.4.